The monoisotopic (exact) mass is 180 g/mol. The van der Waals surface area contributed by atoms with Crippen molar-refractivity contribution in [2.24, 2.45) is 7.05 Å². The van der Waals surface area contributed by atoms with E-state index in [-0.39, 0.29) is 0 Å². The average Bonchev–Trinajstić information content (AvgIpc) is 2.51. The summed E-state index contributed by atoms with van der Waals surface area (Å²) < 4.78 is 1.79. The molecule has 3 heteroatoms. The number of ketones is 1. The Kier molecular flexibility index (Phi) is 3.68. The molecule has 72 valence electrons. The SMILES string of the molecule is CCC(=O)CCCc1cnn(C)c1. The summed E-state index contributed by atoms with van der Waals surface area (Å²) in [6.45, 7) is 1.91. The van der Waals surface area contributed by atoms with E-state index in [9.17, 15) is 4.79 Å². The van der Waals surface area contributed by atoms with Gasteiger partial charge in [0.25, 0.3) is 0 Å². The van der Waals surface area contributed by atoms with Crippen molar-refractivity contribution in [2.45, 2.75) is 32.6 Å². The van der Waals surface area contributed by atoms with Crippen LogP contribution >= 0.6 is 0 Å². The van der Waals surface area contributed by atoms with E-state index < -0.39 is 0 Å². The number of aryl methyl sites for hydroxylation is 2. The van der Waals surface area contributed by atoms with Crippen molar-refractivity contribution in [1.29, 1.82) is 0 Å². The van der Waals surface area contributed by atoms with Gasteiger partial charge >= 0.3 is 0 Å². The Morgan fingerprint density at radius 3 is 2.92 bits per heavy atom. The van der Waals surface area contributed by atoms with E-state index >= 15 is 0 Å². The molecule has 13 heavy (non-hydrogen) atoms. The maximum atomic E-state index is 11.0. The number of hydrogen-bond acceptors (Lipinski definition) is 2. The molecule has 1 aromatic heterocycles. The lowest BCUT2D eigenvalue weighted by atomic mass is 10.1. The minimum atomic E-state index is 0.351. The van der Waals surface area contributed by atoms with Gasteiger partial charge in [-0.2, -0.15) is 5.10 Å². The molecular formula is C10H16N2O. The molecule has 0 spiro atoms. The van der Waals surface area contributed by atoms with E-state index in [1.54, 1.807) is 4.68 Å². The van der Waals surface area contributed by atoms with E-state index in [1.165, 1.54) is 5.56 Å². The van der Waals surface area contributed by atoms with Gasteiger partial charge in [0.15, 0.2) is 0 Å². The van der Waals surface area contributed by atoms with Crippen LogP contribution in [0.4, 0.5) is 0 Å². The van der Waals surface area contributed by atoms with Crippen LogP contribution in [0.25, 0.3) is 0 Å². The quantitative estimate of drug-likeness (QED) is 0.691. The first-order valence-corrected chi connectivity index (χ1v) is 4.71. The molecule has 0 radical (unpaired) electrons. The van der Waals surface area contributed by atoms with E-state index in [4.69, 9.17) is 0 Å². The summed E-state index contributed by atoms with van der Waals surface area (Å²) in [5, 5.41) is 4.07. The fraction of sp³-hybridized carbons (Fsp3) is 0.600. The number of carbonyl (C=O) groups excluding carboxylic acids is 1. The second kappa shape index (κ2) is 4.80. The average molecular weight is 180 g/mol. The summed E-state index contributed by atoms with van der Waals surface area (Å²) in [4.78, 5) is 11.0. The highest BCUT2D eigenvalue weighted by molar-refractivity contribution is 5.77. The minimum Gasteiger partial charge on any atom is -0.300 e. The molecule has 3 nitrogen and oxygen atoms in total. The first-order chi connectivity index (χ1) is 6.22. The molecule has 0 atom stereocenters. The van der Waals surface area contributed by atoms with Crippen LogP contribution in [0.5, 0.6) is 0 Å². The van der Waals surface area contributed by atoms with Crippen LogP contribution in [0.3, 0.4) is 0 Å². The lowest BCUT2D eigenvalue weighted by Gasteiger charge is -1.95. The standard InChI is InChI=1S/C10H16N2O/c1-3-10(13)6-4-5-9-7-11-12(2)8-9/h7-8H,3-6H2,1-2H3. The Hall–Kier alpha value is -1.12. The van der Waals surface area contributed by atoms with Gasteiger partial charge in [-0.3, -0.25) is 9.48 Å². The predicted octanol–water partition coefficient (Wildman–Crippen LogP) is 1.72. The van der Waals surface area contributed by atoms with Crippen molar-refractivity contribution in [1.82, 2.24) is 9.78 Å². The van der Waals surface area contributed by atoms with Crippen LogP contribution in [0, 0.1) is 0 Å². The van der Waals surface area contributed by atoms with E-state index in [2.05, 4.69) is 5.10 Å². The first kappa shape index (κ1) is 9.96. The molecule has 0 N–H and O–H groups in total. The van der Waals surface area contributed by atoms with Crippen LogP contribution in [-0.4, -0.2) is 15.6 Å². The zero-order valence-electron chi connectivity index (χ0n) is 8.29. The van der Waals surface area contributed by atoms with Crippen molar-refractivity contribution < 1.29 is 4.79 Å². The summed E-state index contributed by atoms with van der Waals surface area (Å²) in [6.07, 6.45) is 7.11. The molecule has 0 aliphatic rings. The molecule has 0 saturated heterocycles. The van der Waals surface area contributed by atoms with Crippen molar-refractivity contribution >= 4 is 5.78 Å². The number of rotatable bonds is 5. The first-order valence-electron chi connectivity index (χ1n) is 4.71. The molecule has 0 aromatic carbocycles. The molecule has 0 aliphatic carbocycles. The van der Waals surface area contributed by atoms with Crippen LogP contribution in [-0.2, 0) is 18.3 Å². The van der Waals surface area contributed by atoms with E-state index in [0.717, 1.165) is 12.8 Å². The van der Waals surface area contributed by atoms with Gasteiger partial charge in [-0.05, 0) is 18.4 Å². The summed E-state index contributed by atoms with van der Waals surface area (Å²) in [6, 6.07) is 0. The molecule has 0 unspecified atom stereocenters. The normalized spacial score (nSPS) is 10.3. The second-order valence-corrected chi connectivity index (χ2v) is 3.27. The molecule has 1 rings (SSSR count). The predicted molar refractivity (Wildman–Crippen MR) is 51.4 cm³/mol. The zero-order valence-corrected chi connectivity index (χ0v) is 8.29. The Morgan fingerprint density at radius 1 is 1.62 bits per heavy atom. The van der Waals surface area contributed by atoms with Gasteiger partial charge in [0.05, 0.1) is 6.20 Å². The van der Waals surface area contributed by atoms with Gasteiger partial charge in [-0.1, -0.05) is 6.92 Å². The zero-order chi connectivity index (χ0) is 9.68. The highest BCUT2D eigenvalue weighted by atomic mass is 16.1. The maximum Gasteiger partial charge on any atom is 0.132 e. The van der Waals surface area contributed by atoms with Crippen LogP contribution in [0.2, 0.25) is 0 Å². The van der Waals surface area contributed by atoms with Crippen molar-refractivity contribution in [3.8, 4) is 0 Å². The molecule has 1 heterocycles. The van der Waals surface area contributed by atoms with Crippen LogP contribution < -0.4 is 0 Å². The molecular weight excluding hydrogens is 164 g/mol. The molecule has 1 aromatic rings. The minimum absolute atomic E-state index is 0.351. The van der Waals surface area contributed by atoms with Crippen LogP contribution in [0.15, 0.2) is 12.4 Å². The highest BCUT2D eigenvalue weighted by Gasteiger charge is 2.00. The largest absolute Gasteiger partial charge is 0.300 e. The summed E-state index contributed by atoms with van der Waals surface area (Å²) in [5.74, 6) is 0.351. The van der Waals surface area contributed by atoms with Crippen molar-refractivity contribution in [2.75, 3.05) is 0 Å². The molecule has 0 saturated carbocycles. The van der Waals surface area contributed by atoms with E-state index in [1.807, 2.05) is 26.4 Å². The number of hydrogen-bond donors (Lipinski definition) is 0. The number of aromatic nitrogens is 2. The summed E-state index contributed by atoms with van der Waals surface area (Å²) in [5.41, 5.74) is 1.21. The number of carbonyl (C=O) groups is 1. The fourth-order valence-corrected chi connectivity index (χ4v) is 1.27. The van der Waals surface area contributed by atoms with Crippen LogP contribution in [0.1, 0.15) is 31.7 Å². The second-order valence-electron chi connectivity index (χ2n) is 3.27. The maximum absolute atomic E-state index is 11.0. The Morgan fingerprint density at radius 2 is 2.38 bits per heavy atom. The van der Waals surface area contributed by atoms with Gasteiger partial charge in [0.1, 0.15) is 5.78 Å². The van der Waals surface area contributed by atoms with Gasteiger partial charge in [-0.15, -0.1) is 0 Å². The Labute approximate surface area is 78.8 Å². The lowest BCUT2D eigenvalue weighted by Crippen LogP contribution is -1.95. The summed E-state index contributed by atoms with van der Waals surface area (Å²) in [7, 11) is 1.90. The topological polar surface area (TPSA) is 34.9 Å². The summed E-state index contributed by atoms with van der Waals surface area (Å²) >= 11 is 0. The Bertz CT molecular complexity index is 278. The number of Topliss-reactive ketones (excluding diaryl/α,β-unsaturated/α-hetero) is 1. The highest BCUT2D eigenvalue weighted by Crippen LogP contribution is 2.04. The van der Waals surface area contributed by atoms with Gasteiger partial charge < -0.3 is 0 Å². The van der Waals surface area contributed by atoms with Gasteiger partial charge in [0, 0.05) is 26.1 Å². The molecule has 0 amide bonds. The molecule has 0 aliphatic heterocycles. The van der Waals surface area contributed by atoms with Gasteiger partial charge in [0.2, 0.25) is 0 Å². The van der Waals surface area contributed by atoms with Gasteiger partial charge in [-0.25, -0.2) is 0 Å². The smallest absolute Gasteiger partial charge is 0.132 e. The third-order valence-corrected chi connectivity index (χ3v) is 2.07. The number of nitrogens with zero attached hydrogens (tertiary/aromatic N) is 2. The lowest BCUT2D eigenvalue weighted by molar-refractivity contribution is -0.118. The third-order valence-electron chi connectivity index (χ3n) is 2.07. The molecule has 0 bridgehead atoms. The van der Waals surface area contributed by atoms with Crippen molar-refractivity contribution in [3.05, 3.63) is 18.0 Å². The Balaban J connectivity index is 2.24. The third kappa shape index (κ3) is 3.40. The van der Waals surface area contributed by atoms with E-state index in [0.29, 0.717) is 18.6 Å². The molecule has 0 fully saturated rings. The van der Waals surface area contributed by atoms with Crippen molar-refractivity contribution in [3.63, 3.8) is 0 Å². The fourth-order valence-electron chi connectivity index (χ4n) is 1.27.